The third kappa shape index (κ3) is 4.10. The average Bonchev–Trinajstić information content (AvgIpc) is 2.47. The summed E-state index contributed by atoms with van der Waals surface area (Å²) < 4.78 is 18.7. The van der Waals surface area contributed by atoms with Gasteiger partial charge in [-0.15, -0.1) is 0 Å². The maximum Gasteiger partial charge on any atom is 0.243 e. The summed E-state index contributed by atoms with van der Waals surface area (Å²) in [7, 11) is 1.52. The molecule has 0 spiro atoms. The lowest BCUT2D eigenvalue weighted by molar-refractivity contribution is -0.114. The quantitative estimate of drug-likeness (QED) is 0.888. The predicted molar refractivity (Wildman–Crippen MR) is 81.5 cm³/mol. The predicted octanol–water partition coefficient (Wildman–Crippen LogP) is 3.54. The number of methoxy groups -OCH3 is 1. The highest BCUT2D eigenvalue weighted by molar-refractivity contribution is 6.30. The molecule has 0 aliphatic heterocycles. The van der Waals surface area contributed by atoms with Crippen LogP contribution in [-0.4, -0.2) is 19.6 Å². The fraction of sp³-hybridized carbons (Fsp3) is 0.133. The van der Waals surface area contributed by atoms with Gasteiger partial charge in [-0.25, -0.2) is 4.39 Å². The van der Waals surface area contributed by atoms with Gasteiger partial charge < -0.3 is 15.4 Å². The lowest BCUT2D eigenvalue weighted by Crippen LogP contribution is -2.22. The second-order valence-corrected chi connectivity index (χ2v) is 4.66. The number of benzene rings is 2. The zero-order valence-corrected chi connectivity index (χ0v) is 12.1. The first kappa shape index (κ1) is 15.1. The number of halogens is 2. The van der Waals surface area contributed by atoms with Crippen molar-refractivity contribution in [2.75, 3.05) is 24.3 Å². The van der Waals surface area contributed by atoms with Gasteiger partial charge in [-0.1, -0.05) is 23.7 Å². The Morgan fingerprint density at radius 2 is 2.00 bits per heavy atom. The van der Waals surface area contributed by atoms with Gasteiger partial charge in [0.25, 0.3) is 0 Å². The van der Waals surface area contributed by atoms with Crippen molar-refractivity contribution in [2.45, 2.75) is 0 Å². The lowest BCUT2D eigenvalue weighted by Gasteiger charge is -2.11. The van der Waals surface area contributed by atoms with Crippen LogP contribution in [0.25, 0.3) is 0 Å². The third-order valence-corrected chi connectivity index (χ3v) is 2.99. The summed E-state index contributed by atoms with van der Waals surface area (Å²) in [5.41, 5.74) is 0.776. The van der Waals surface area contributed by atoms with Crippen molar-refractivity contribution in [1.29, 1.82) is 0 Å². The highest BCUT2D eigenvalue weighted by Gasteiger charge is 2.08. The van der Waals surface area contributed by atoms with Crippen LogP contribution < -0.4 is 15.4 Å². The Labute approximate surface area is 126 Å². The third-order valence-electron chi connectivity index (χ3n) is 2.75. The Kier molecular flexibility index (Phi) is 5.00. The molecular formula is C15H14ClFN2O2. The molecule has 0 aliphatic carbocycles. The minimum atomic E-state index is -0.507. The normalized spacial score (nSPS) is 10.0. The molecule has 0 radical (unpaired) electrons. The molecule has 0 bridgehead atoms. The molecule has 2 aromatic carbocycles. The maximum atomic E-state index is 13.5. The van der Waals surface area contributed by atoms with Crippen LogP contribution in [0.3, 0.4) is 0 Å². The summed E-state index contributed by atoms with van der Waals surface area (Å²) in [5.74, 6) is -0.259. The van der Waals surface area contributed by atoms with Gasteiger partial charge in [-0.05, 0) is 30.3 Å². The van der Waals surface area contributed by atoms with E-state index < -0.39 is 5.82 Å². The number of carbonyl (C=O) groups is 1. The van der Waals surface area contributed by atoms with E-state index in [1.807, 2.05) is 0 Å². The summed E-state index contributed by atoms with van der Waals surface area (Å²) >= 11 is 5.66. The van der Waals surface area contributed by atoms with Crippen LogP contribution in [0.5, 0.6) is 5.75 Å². The largest absolute Gasteiger partial charge is 0.495 e. The SMILES string of the molecule is COc1ccccc1NC(=O)CNc1ccc(Cl)cc1F. The monoisotopic (exact) mass is 308 g/mol. The summed E-state index contributed by atoms with van der Waals surface area (Å²) in [4.78, 5) is 11.9. The van der Waals surface area contributed by atoms with Crippen LogP contribution in [0.1, 0.15) is 0 Å². The molecule has 0 heterocycles. The molecule has 1 amide bonds. The van der Waals surface area contributed by atoms with E-state index in [0.717, 1.165) is 0 Å². The summed E-state index contributed by atoms with van der Waals surface area (Å²) in [5, 5.41) is 5.70. The number of ether oxygens (including phenoxy) is 1. The van der Waals surface area contributed by atoms with Gasteiger partial charge in [-0.2, -0.15) is 0 Å². The zero-order valence-electron chi connectivity index (χ0n) is 11.3. The molecular weight excluding hydrogens is 295 g/mol. The first-order valence-corrected chi connectivity index (χ1v) is 6.59. The second-order valence-electron chi connectivity index (χ2n) is 4.23. The number of nitrogens with one attached hydrogen (secondary N) is 2. The Morgan fingerprint density at radius 3 is 2.71 bits per heavy atom. The van der Waals surface area contributed by atoms with Crippen LogP contribution in [-0.2, 0) is 4.79 Å². The van der Waals surface area contributed by atoms with Crippen molar-refractivity contribution in [3.8, 4) is 5.75 Å². The number of hydrogen-bond acceptors (Lipinski definition) is 3. The van der Waals surface area contributed by atoms with Gasteiger partial charge in [0.2, 0.25) is 5.91 Å². The minimum absolute atomic E-state index is 0.0728. The van der Waals surface area contributed by atoms with E-state index in [-0.39, 0.29) is 18.1 Å². The van der Waals surface area contributed by atoms with Crippen LogP contribution in [0.15, 0.2) is 42.5 Å². The van der Waals surface area contributed by atoms with E-state index >= 15 is 0 Å². The summed E-state index contributed by atoms with van der Waals surface area (Å²) in [6.45, 7) is -0.0728. The first-order chi connectivity index (χ1) is 10.1. The number of anilines is 2. The van der Waals surface area contributed by atoms with E-state index in [4.69, 9.17) is 16.3 Å². The first-order valence-electron chi connectivity index (χ1n) is 6.22. The molecule has 2 N–H and O–H groups in total. The molecule has 0 atom stereocenters. The van der Waals surface area contributed by atoms with Crippen LogP contribution >= 0.6 is 11.6 Å². The fourth-order valence-electron chi connectivity index (χ4n) is 1.75. The molecule has 6 heteroatoms. The van der Waals surface area contributed by atoms with Gasteiger partial charge in [0.05, 0.1) is 25.0 Å². The van der Waals surface area contributed by atoms with Crippen molar-refractivity contribution in [3.63, 3.8) is 0 Å². The molecule has 0 aliphatic rings. The molecule has 2 aromatic rings. The number of hydrogen-bond donors (Lipinski definition) is 2. The number of rotatable bonds is 5. The number of amides is 1. The molecule has 4 nitrogen and oxygen atoms in total. The van der Waals surface area contributed by atoms with Crippen LogP contribution in [0, 0.1) is 5.82 Å². The van der Waals surface area contributed by atoms with Crippen molar-refractivity contribution >= 4 is 28.9 Å². The van der Waals surface area contributed by atoms with Gasteiger partial charge >= 0.3 is 0 Å². The highest BCUT2D eigenvalue weighted by Crippen LogP contribution is 2.23. The van der Waals surface area contributed by atoms with E-state index in [0.29, 0.717) is 16.5 Å². The lowest BCUT2D eigenvalue weighted by atomic mass is 10.3. The van der Waals surface area contributed by atoms with Gasteiger partial charge in [0.15, 0.2) is 0 Å². The van der Waals surface area contributed by atoms with Gasteiger partial charge in [0, 0.05) is 5.02 Å². The second kappa shape index (κ2) is 6.95. The molecule has 0 aromatic heterocycles. The van der Waals surface area contributed by atoms with Crippen LogP contribution in [0.4, 0.5) is 15.8 Å². The molecule has 0 unspecified atom stereocenters. The Hall–Kier alpha value is -2.27. The fourth-order valence-corrected chi connectivity index (χ4v) is 1.91. The molecule has 0 fully saturated rings. The van der Waals surface area contributed by atoms with E-state index in [9.17, 15) is 9.18 Å². The standard InChI is InChI=1S/C15H14ClFN2O2/c1-21-14-5-3-2-4-13(14)19-15(20)9-18-12-7-6-10(16)8-11(12)17/h2-8,18H,9H2,1H3,(H,19,20). The summed E-state index contributed by atoms with van der Waals surface area (Å²) in [6, 6.07) is 11.3. The molecule has 0 saturated carbocycles. The smallest absolute Gasteiger partial charge is 0.243 e. The van der Waals surface area contributed by atoms with Crippen molar-refractivity contribution in [3.05, 3.63) is 53.3 Å². The Morgan fingerprint density at radius 1 is 1.24 bits per heavy atom. The minimum Gasteiger partial charge on any atom is -0.495 e. The topological polar surface area (TPSA) is 50.4 Å². The van der Waals surface area contributed by atoms with Gasteiger partial charge in [0.1, 0.15) is 11.6 Å². The highest BCUT2D eigenvalue weighted by atomic mass is 35.5. The van der Waals surface area contributed by atoms with E-state index in [1.54, 1.807) is 30.3 Å². The van der Waals surface area contributed by atoms with Crippen molar-refractivity contribution < 1.29 is 13.9 Å². The van der Waals surface area contributed by atoms with Gasteiger partial charge in [-0.3, -0.25) is 4.79 Å². The zero-order chi connectivity index (χ0) is 15.2. The average molecular weight is 309 g/mol. The summed E-state index contributed by atoms with van der Waals surface area (Å²) in [6.07, 6.45) is 0. The van der Waals surface area contributed by atoms with E-state index in [2.05, 4.69) is 10.6 Å². The Bertz CT molecular complexity index is 649. The van der Waals surface area contributed by atoms with Crippen LogP contribution in [0.2, 0.25) is 5.02 Å². The van der Waals surface area contributed by atoms with Crippen molar-refractivity contribution in [1.82, 2.24) is 0 Å². The Balaban J connectivity index is 1.96. The molecule has 21 heavy (non-hydrogen) atoms. The van der Waals surface area contributed by atoms with Crippen molar-refractivity contribution in [2.24, 2.45) is 0 Å². The number of carbonyl (C=O) groups excluding carboxylic acids is 1. The molecule has 2 rings (SSSR count). The van der Waals surface area contributed by atoms with E-state index in [1.165, 1.54) is 19.2 Å². The maximum absolute atomic E-state index is 13.5. The molecule has 0 saturated heterocycles. The number of para-hydroxylation sites is 2. The molecule has 110 valence electrons.